The molecule has 0 saturated heterocycles. The molecule has 122 valence electrons. The molecule has 2 aromatic rings. The van der Waals surface area contributed by atoms with Crippen LogP contribution in [0.3, 0.4) is 0 Å². The number of allylic oxidation sites excluding steroid dienone is 4. The molecule has 24 heavy (non-hydrogen) atoms. The van der Waals surface area contributed by atoms with Gasteiger partial charge in [-0.25, -0.2) is 0 Å². The van der Waals surface area contributed by atoms with Crippen LogP contribution in [0.2, 0.25) is 0 Å². The second-order valence-corrected chi connectivity index (χ2v) is 5.47. The van der Waals surface area contributed by atoms with Crippen LogP contribution in [0.15, 0.2) is 66.3 Å². The van der Waals surface area contributed by atoms with Crippen molar-refractivity contribution in [3.05, 3.63) is 89.9 Å². The van der Waals surface area contributed by atoms with Crippen LogP contribution in [0.1, 0.15) is 37.3 Å². The van der Waals surface area contributed by atoms with Crippen LogP contribution in [0.5, 0.6) is 0 Å². The van der Waals surface area contributed by atoms with Crippen LogP contribution in [0, 0.1) is 12.5 Å². The maximum absolute atomic E-state index is 3.45. The van der Waals surface area contributed by atoms with Crippen LogP contribution in [0.25, 0.3) is 11.1 Å². The molecule has 0 amide bonds. The summed E-state index contributed by atoms with van der Waals surface area (Å²) in [6.07, 6.45) is 9.73. The minimum atomic E-state index is 0. The minimum Gasteiger partial charge on any atom is -1.00 e. The Balaban J connectivity index is 0.000000827. The molecule has 3 heteroatoms. The fourth-order valence-corrected chi connectivity index (χ4v) is 3.14. The second kappa shape index (κ2) is 11.1. The molecule has 2 aliphatic rings. The normalized spacial score (nSPS) is 15.4. The third kappa shape index (κ3) is 4.51. The zero-order chi connectivity index (χ0) is 14.7. The molecule has 2 aromatic carbocycles. The van der Waals surface area contributed by atoms with Crippen molar-refractivity contribution < 1.29 is 51.0 Å². The van der Waals surface area contributed by atoms with Crippen molar-refractivity contribution >= 4 is 0 Å². The quantitative estimate of drug-likeness (QED) is 0.542. The average Bonchev–Trinajstić information content (AvgIpc) is 3.13. The number of fused-ring (bicyclic) bond motifs is 3. The first-order valence-electron chi connectivity index (χ1n) is 7.56. The van der Waals surface area contributed by atoms with Gasteiger partial charge in [-0.1, -0.05) is 53.6 Å². The Morgan fingerprint density at radius 1 is 1.00 bits per heavy atom. The minimum absolute atomic E-state index is 0. The van der Waals surface area contributed by atoms with Crippen LogP contribution in [0.4, 0.5) is 0 Å². The van der Waals surface area contributed by atoms with E-state index >= 15 is 0 Å². The molecule has 0 aliphatic heterocycles. The SMILES string of the molecule is C[CH-]C.[Cl-].[Cl-].[Zr+4].[c-]1cccc2c1C(C1=CC=CC1)c1ccccc1-2. The van der Waals surface area contributed by atoms with Gasteiger partial charge in [0, 0.05) is 5.92 Å². The second-order valence-electron chi connectivity index (χ2n) is 5.47. The van der Waals surface area contributed by atoms with Crippen LogP contribution < -0.4 is 24.8 Å². The zero-order valence-corrected chi connectivity index (χ0v) is 17.9. The van der Waals surface area contributed by atoms with Gasteiger partial charge < -0.3 is 31.2 Å². The first-order valence-corrected chi connectivity index (χ1v) is 7.56. The summed E-state index contributed by atoms with van der Waals surface area (Å²) in [5.41, 5.74) is 7.00. The van der Waals surface area contributed by atoms with Gasteiger partial charge in [-0.3, -0.25) is 0 Å². The summed E-state index contributed by atoms with van der Waals surface area (Å²) in [6.45, 7) is 4.00. The van der Waals surface area contributed by atoms with Gasteiger partial charge in [0.15, 0.2) is 0 Å². The Labute approximate surface area is 177 Å². The molecule has 1 atom stereocenters. The summed E-state index contributed by atoms with van der Waals surface area (Å²) in [5.74, 6) is 0.410. The van der Waals surface area contributed by atoms with Crippen molar-refractivity contribution in [2.75, 3.05) is 0 Å². The Hall–Kier alpha value is -0.617. The molecule has 0 spiro atoms. The van der Waals surface area contributed by atoms with Gasteiger partial charge in [-0.2, -0.15) is 38.1 Å². The summed E-state index contributed by atoms with van der Waals surface area (Å²) in [5, 5.41) is 0. The largest absolute Gasteiger partial charge is 4.00 e. The Kier molecular flexibility index (Phi) is 10.8. The van der Waals surface area contributed by atoms with E-state index in [0.29, 0.717) is 5.92 Å². The molecule has 2 aliphatic carbocycles. The van der Waals surface area contributed by atoms with E-state index in [-0.39, 0.29) is 51.0 Å². The van der Waals surface area contributed by atoms with E-state index in [9.17, 15) is 0 Å². The average molecular weight is 435 g/mol. The summed E-state index contributed by atoms with van der Waals surface area (Å²) in [7, 11) is 0. The van der Waals surface area contributed by atoms with Crippen molar-refractivity contribution in [1.29, 1.82) is 0 Å². The number of halogens is 2. The molecule has 0 heterocycles. The van der Waals surface area contributed by atoms with Gasteiger partial charge in [-0.05, 0) is 12.0 Å². The maximum Gasteiger partial charge on any atom is 4.00 e. The summed E-state index contributed by atoms with van der Waals surface area (Å²) >= 11 is 0. The zero-order valence-electron chi connectivity index (χ0n) is 13.9. The van der Waals surface area contributed by atoms with Gasteiger partial charge in [-0.15, -0.1) is 11.1 Å². The van der Waals surface area contributed by atoms with Gasteiger partial charge in [0.05, 0.1) is 0 Å². The molecule has 0 N–H and O–H groups in total. The van der Waals surface area contributed by atoms with Gasteiger partial charge in [0.1, 0.15) is 0 Å². The maximum atomic E-state index is 3.45. The first kappa shape index (κ1) is 23.4. The monoisotopic (exact) mass is 432 g/mol. The van der Waals surface area contributed by atoms with Crippen molar-refractivity contribution in [3.8, 4) is 11.1 Å². The summed E-state index contributed by atoms with van der Waals surface area (Å²) < 4.78 is 0. The topological polar surface area (TPSA) is 0 Å². The molecule has 4 rings (SSSR count). The predicted octanol–water partition coefficient (Wildman–Crippen LogP) is -0.279. The smallest absolute Gasteiger partial charge is 1.00 e. The fourth-order valence-electron chi connectivity index (χ4n) is 3.14. The van der Waals surface area contributed by atoms with E-state index in [1.54, 1.807) is 0 Å². The molecule has 0 aromatic heterocycles. The molecule has 0 saturated carbocycles. The van der Waals surface area contributed by atoms with Gasteiger partial charge in [0.2, 0.25) is 0 Å². The Bertz CT molecular complexity index is 659. The first-order chi connectivity index (χ1) is 10.4. The van der Waals surface area contributed by atoms with Crippen LogP contribution in [-0.2, 0) is 26.2 Å². The number of benzene rings is 2. The van der Waals surface area contributed by atoms with E-state index in [1.165, 1.54) is 27.8 Å². The van der Waals surface area contributed by atoms with Crippen molar-refractivity contribution in [2.45, 2.75) is 26.2 Å². The molecular weight excluding hydrogens is 414 g/mol. The fraction of sp³-hybridized carbons (Fsp3) is 0.190. The molecular formula is C21H20Cl2Zr. The van der Waals surface area contributed by atoms with E-state index in [4.69, 9.17) is 0 Å². The van der Waals surface area contributed by atoms with Crippen molar-refractivity contribution in [1.82, 2.24) is 0 Å². The standard InChI is InChI=1S/C18H13.C3H7.2ClH.Zr/c1-2-8-13(7-1)18-16-11-5-3-9-14(16)15-10-4-6-12-17(15)18;1-3-2;;;/h1-7,9-11,18H,8H2;3H,1-2H3;2*1H;/q2*-1;;;+4/p-2. The van der Waals surface area contributed by atoms with E-state index in [2.05, 4.69) is 60.7 Å². The summed E-state index contributed by atoms with van der Waals surface area (Å²) in [6, 6.07) is 18.5. The molecule has 0 radical (unpaired) electrons. The number of hydrogen-bond acceptors (Lipinski definition) is 0. The van der Waals surface area contributed by atoms with Crippen LogP contribution in [-0.4, -0.2) is 0 Å². The molecule has 1 unspecified atom stereocenters. The molecule has 0 fully saturated rings. The van der Waals surface area contributed by atoms with Gasteiger partial charge in [0.25, 0.3) is 0 Å². The van der Waals surface area contributed by atoms with E-state index in [0.717, 1.165) is 6.42 Å². The molecule has 0 nitrogen and oxygen atoms in total. The Morgan fingerprint density at radius 3 is 2.33 bits per heavy atom. The molecule has 0 bridgehead atoms. The van der Waals surface area contributed by atoms with Crippen molar-refractivity contribution in [2.24, 2.45) is 0 Å². The third-order valence-corrected chi connectivity index (χ3v) is 3.91. The van der Waals surface area contributed by atoms with Crippen LogP contribution >= 0.6 is 0 Å². The predicted molar refractivity (Wildman–Crippen MR) is 90.0 cm³/mol. The van der Waals surface area contributed by atoms with Crippen molar-refractivity contribution in [3.63, 3.8) is 0 Å². The number of rotatable bonds is 1. The van der Waals surface area contributed by atoms with E-state index < -0.39 is 0 Å². The summed E-state index contributed by atoms with van der Waals surface area (Å²) in [4.78, 5) is 0. The Morgan fingerprint density at radius 2 is 1.67 bits per heavy atom. The third-order valence-electron chi connectivity index (χ3n) is 3.91. The van der Waals surface area contributed by atoms with E-state index in [1.807, 2.05) is 26.3 Å². The number of hydrogen-bond donors (Lipinski definition) is 0. The van der Waals surface area contributed by atoms with Gasteiger partial charge >= 0.3 is 26.2 Å².